The minimum atomic E-state index is -0.428. The molecule has 154 valence electrons. The van der Waals surface area contributed by atoms with E-state index in [1.165, 1.54) is 12.1 Å². The van der Waals surface area contributed by atoms with Gasteiger partial charge in [0.05, 0.1) is 16.8 Å². The largest absolute Gasteiger partial charge is 0.269 e. The summed E-state index contributed by atoms with van der Waals surface area (Å²) in [6.45, 7) is 3.78. The van der Waals surface area contributed by atoms with Crippen LogP contribution in [0.2, 0.25) is 0 Å². The van der Waals surface area contributed by atoms with Gasteiger partial charge in [0.25, 0.3) is 5.69 Å². The molecule has 31 heavy (non-hydrogen) atoms. The van der Waals surface area contributed by atoms with E-state index in [0.29, 0.717) is 11.6 Å². The van der Waals surface area contributed by atoms with E-state index in [4.69, 9.17) is 0 Å². The number of hydrogen-bond donors (Lipinski definition) is 1. The van der Waals surface area contributed by atoms with Crippen LogP contribution in [0.25, 0.3) is 16.9 Å². The Labute approximate surface area is 178 Å². The zero-order chi connectivity index (χ0) is 21.8. The number of nitrogens with one attached hydrogen (secondary N) is 1. The van der Waals surface area contributed by atoms with Crippen molar-refractivity contribution in [1.82, 2.24) is 19.7 Å². The Bertz CT molecular complexity index is 1230. The summed E-state index contributed by atoms with van der Waals surface area (Å²) in [5, 5.41) is 19.9. The van der Waals surface area contributed by atoms with Crippen molar-refractivity contribution < 1.29 is 4.92 Å². The van der Waals surface area contributed by atoms with Crippen molar-refractivity contribution in [3.8, 4) is 16.9 Å². The van der Waals surface area contributed by atoms with Crippen LogP contribution < -0.4 is 5.43 Å². The summed E-state index contributed by atoms with van der Waals surface area (Å²) in [5.41, 5.74) is 7.55. The Hall–Kier alpha value is -4.40. The monoisotopic (exact) mass is 413 g/mol. The summed E-state index contributed by atoms with van der Waals surface area (Å²) in [7, 11) is 0. The van der Waals surface area contributed by atoms with E-state index in [1.54, 1.807) is 23.0 Å². The quantitative estimate of drug-likeness (QED) is 0.287. The van der Waals surface area contributed by atoms with E-state index < -0.39 is 4.92 Å². The average Bonchev–Trinajstić information content (AvgIpc) is 3.18. The second kappa shape index (κ2) is 8.54. The molecule has 0 aliphatic heterocycles. The van der Waals surface area contributed by atoms with Crippen LogP contribution in [0.1, 0.15) is 17.0 Å². The summed E-state index contributed by atoms with van der Waals surface area (Å²) in [6.07, 6.45) is 3.48. The third kappa shape index (κ3) is 4.61. The van der Waals surface area contributed by atoms with Crippen LogP contribution in [0.5, 0.6) is 0 Å². The number of nitrogens with zero attached hydrogens (tertiary/aromatic N) is 6. The minimum absolute atomic E-state index is 0.0232. The molecule has 0 radical (unpaired) electrons. The van der Waals surface area contributed by atoms with Crippen LogP contribution in [-0.2, 0) is 0 Å². The van der Waals surface area contributed by atoms with Gasteiger partial charge in [0.15, 0.2) is 0 Å². The molecule has 2 aromatic heterocycles. The molecule has 2 aromatic carbocycles. The first-order valence-electron chi connectivity index (χ1n) is 9.51. The normalized spacial score (nSPS) is 11.0. The van der Waals surface area contributed by atoms with Crippen molar-refractivity contribution in [1.29, 1.82) is 0 Å². The highest BCUT2D eigenvalue weighted by atomic mass is 16.6. The Balaban J connectivity index is 1.69. The maximum Gasteiger partial charge on any atom is 0.269 e. The fraction of sp³-hybridized carbons (Fsp3) is 0.0909. The second-order valence-corrected chi connectivity index (χ2v) is 6.86. The predicted octanol–water partition coefficient (Wildman–Crippen LogP) is 4.30. The van der Waals surface area contributed by atoms with Gasteiger partial charge in [0, 0.05) is 40.8 Å². The highest BCUT2D eigenvalue weighted by Crippen LogP contribution is 2.25. The van der Waals surface area contributed by atoms with Gasteiger partial charge in [0.1, 0.15) is 5.69 Å². The zero-order valence-corrected chi connectivity index (χ0v) is 16.9. The average molecular weight is 413 g/mol. The van der Waals surface area contributed by atoms with Crippen LogP contribution >= 0.6 is 0 Å². The summed E-state index contributed by atoms with van der Waals surface area (Å²) < 4.78 is 1.74. The van der Waals surface area contributed by atoms with E-state index in [1.807, 2.05) is 56.4 Å². The predicted molar refractivity (Wildman–Crippen MR) is 118 cm³/mol. The zero-order valence-electron chi connectivity index (χ0n) is 16.9. The Morgan fingerprint density at radius 1 is 1.03 bits per heavy atom. The SMILES string of the molecule is Cc1cc(C)nc(NN=Cc2cn(-c3ccccc3)nc2-c2ccc([N+](=O)[O-])cc2)n1. The number of non-ortho nitro benzene ring substituents is 1. The van der Waals surface area contributed by atoms with Gasteiger partial charge in [-0.05, 0) is 44.2 Å². The smallest absolute Gasteiger partial charge is 0.258 e. The molecule has 2 heterocycles. The van der Waals surface area contributed by atoms with Gasteiger partial charge >= 0.3 is 0 Å². The number of aryl methyl sites for hydroxylation is 2. The summed E-state index contributed by atoms with van der Waals surface area (Å²) in [5.74, 6) is 0.404. The number of benzene rings is 2. The van der Waals surface area contributed by atoms with Crippen LogP contribution in [0.15, 0.2) is 72.0 Å². The molecule has 1 N–H and O–H groups in total. The molecule has 4 rings (SSSR count). The van der Waals surface area contributed by atoms with Gasteiger partial charge in [-0.1, -0.05) is 18.2 Å². The number of anilines is 1. The summed E-state index contributed by atoms with van der Waals surface area (Å²) in [4.78, 5) is 19.2. The standard InChI is InChI=1S/C22H19N7O2/c1-15-12-16(2)25-22(24-15)26-23-13-18-14-28(19-6-4-3-5-7-19)27-21(18)17-8-10-20(11-9-17)29(30)31/h3-14H,1-2H3,(H,24,25,26). The van der Waals surface area contributed by atoms with Gasteiger partial charge in [0.2, 0.25) is 5.95 Å². The molecule has 0 aliphatic carbocycles. The molecular formula is C22H19N7O2. The molecule has 0 unspecified atom stereocenters. The fourth-order valence-electron chi connectivity index (χ4n) is 3.10. The maximum absolute atomic E-state index is 11.0. The second-order valence-electron chi connectivity index (χ2n) is 6.86. The molecule has 0 amide bonds. The number of aromatic nitrogens is 4. The van der Waals surface area contributed by atoms with Crippen molar-refractivity contribution in [2.75, 3.05) is 5.43 Å². The Morgan fingerprint density at radius 3 is 2.35 bits per heavy atom. The molecule has 0 spiro atoms. The first kappa shape index (κ1) is 19.9. The van der Waals surface area contributed by atoms with E-state index >= 15 is 0 Å². The molecule has 0 bridgehead atoms. The van der Waals surface area contributed by atoms with Crippen molar-refractivity contribution in [2.45, 2.75) is 13.8 Å². The van der Waals surface area contributed by atoms with E-state index in [-0.39, 0.29) is 5.69 Å². The van der Waals surface area contributed by atoms with Crippen molar-refractivity contribution in [3.05, 3.63) is 93.9 Å². The molecular weight excluding hydrogens is 394 g/mol. The lowest BCUT2D eigenvalue weighted by Crippen LogP contribution is -1.99. The van der Waals surface area contributed by atoms with Crippen molar-refractivity contribution in [3.63, 3.8) is 0 Å². The molecule has 0 fully saturated rings. The Morgan fingerprint density at radius 2 is 1.71 bits per heavy atom. The lowest BCUT2D eigenvalue weighted by molar-refractivity contribution is -0.384. The van der Waals surface area contributed by atoms with E-state index in [0.717, 1.165) is 28.2 Å². The van der Waals surface area contributed by atoms with Gasteiger partial charge < -0.3 is 0 Å². The number of nitro groups is 1. The van der Waals surface area contributed by atoms with Crippen LogP contribution in [0.4, 0.5) is 11.6 Å². The minimum Gasteiger partial charge on any atom is -0.258 e. The third-order valence-corrected chi connectivity index (χ3v) is 4.47. The summed E-state index contributed by atoms with van der Waals surface area (Å²) in [6, 6.07) is 17.8. The first-order chi connectivity index (χ1) is 15.0. The highest BCUT2D eigenvalue weighted by Gasteiger charge is 2.13. The topological polar surface area (TPSA) is 111 Å². The number of hydrogen-bond acceptors (Lipinski definition) is 7. The number of nitro benzene ring substituents is 1. The highest BCUT2D eigenvalue weighted by molar-refractivity contribution is 5.89. The molecule has 0 atom stereocenters. The molecule has 9 nitrogen and oxygen atoms in total. The molecule has 0 aliphatic rings. The van der Waals surface area contributed by atoms with Crippen LogP contribution in [-0.4, -0.2) is 30.9 Å². The van der Waals surface area contributed by atoms with Gasteiger partial charge in [-0.15, -0.1) is 0 Å². The van der Waals surface area contributed by atoms with Gasteiger partial charge in [-0.3, -0.25) is 10.1 Å². The molecule has 0 saturated heterocycles. The van der Waals surface area contributed by atoms with E-state index in [9.17, 15) is 10.1 Å². The molecule has 9 heteroatoms. The fourth-order valence-corrected chi connectivity index (χ4v) is 3.10. The number of rotatable bonds is 6. The van der Waals surface area contributed by atoms with Crippen molar-refractivity contribution in [2.24, 2.45) is 5.10 Å². The lowest BCUT2D eigenvalue weighted by atomic mass is 10.1. The Kier molecular flexibility index (Phi) is 5.48. The van der Waals surface area contributed by atoms with Crippen LogP contribution in [0, 0.1) is 24.0 Å². The number of hydrazone groups is 1. The molecule has 0 saturated carbocycles. The first-order valence-corrected chi connectivity index (χ1v) is 9.51. The van der Waals surface area contributed by atoms with Crippen LogP contribution in [0.3, 0.4) is 0 Å². The molecule has 4 aromatic rings. The van der Waals surface area contributed by atoms with Gasteiger partial charge in [-0.2, -0.15) is 10.2 Å². The van der Waals surface area contributed by atoms with Gasteiger partial charge in [-0.25, -0.2) is 20.1 Å². The summed E-state index contributed by atoms with van der Waals surface area (Å²) >= 11 is 0. The maximum atomic E-state index is 11.0. The third-order valence-electron chi connectivity index (χ3n) is 4.47. The van der Waals surface area contributed by atoms with Crippen molar-refractivity contribution >= 4 is 17.9 Å². The lowest BCUT2D eigenvalue weighted by Gasteiger charge is -2.02. The van der Waals surface area contributed by atoms with E-state index in [2.05, 4.69) is 25.6 Å². The number of para-hydroxylation sites is 1.